The highest BCUT2D eigenvalue weighted by atomic mass is 32.2. The third-order valence-corrected chi connectivity index (χ3v) is 5.74. The van der Waals surface area contributed by atoms with Gasteiger partial charge in [0.15, 0.2) is 23.0 Å². The highest BCUT2D eigenvalue weighted by Crippen LogP contribution is 2.43. The van der Waals surface area contributed by atoms with Crippen LogP contribution in [0, 0.1) is 0 Å². The molecule has 0 spiro atoms. The number of hydrogen-bond acceptors (Lipinski definition) is 7. The molecule has 0 unspecified atom stereocenters. The summed E-state index contributed by atoms with van der Waals surface area (Å²) in [5.74, 6) is 2.14. The van der Waals surface area contributed by atoms with Gasteiger partial charge in [-0.05, 0) is 24.3 Å². The number of benzene rings is 2. The van der Waals surface area contributed by atoms with Crippen molar-refractivity contribution in [3.63, 3.8) is 0 Å². The molecule has 0 saturated heterocycles. The van der Waals surface area contributed by atoms with Crippen LogP contribution in [0.15, 0.2) is 41.5 Å². The Bertz CT molecular complexity index is 1040. The summed E-state index contributed by atoms with van der Waals surface area (Å²) < 4.78 is 47.6. The Hall–Kier alpha value is -2.94. The number of sulfonamides is 1. The molecule has 1 atom stereocenters. The van der Waals surface area contributed by atoms with Gasteiger partial charge in [-0.25, -0.2) is 8.42 Å². The van der Waals surface area contributed by atoms with Crippen LogP contribution < -0.4 is 18.9 Å². The lowest BCUT2D eigenvalue weighted by atomic mass is 9.98. The molecule has 9 heteroatoms. The first kappa shape index (κ1) is 20.8. The first-order valence-electron chi connectivity index (χ1n) is 8.84. The van der Waals surface area contributed by atoms with Crippen LogP contribution in [-0.4, -0.2) is 53.2 Å². The van der Waals surface area contributed by atoms with E-state index in [2.05, 4.69) is 5.10 Å². The van der Waals surface area contributed by atoms with Crippen LogP contribution in [0.1, 0.15) is 23.6 Å². The third-order valence-electron chi connectivity index (χ3n) is 4.72. The number of para-hydroxylation sites is 1. The van der Waals surface area contributed by atoms with E-state index in [4.69, 9.17) is 18.9 Å². The topological polar surface area (TPSA) is 86.7 Å². The Kier molecular flexibility index (Phi) is 5.88. The summed E-state index contributed by atoms with van der Waals surface area (Å²) in [5, 5.41) is 4.42. The first-order chi connectivity index (χ1) is 13.8. The average Bonchev–Trinajstić information content (AvgIpc) is 3.18. The van der Waals surface area contributed by atoms with Gasteiger partial charge in [0.05, 0.1) is 46.4 Å². The molecular formula is C20H24N2O6S. The molecule has 0 N–H and O–H groups in total. The van der Waals surface area contributed by atoms with Crippen LogP contribution in [0.25, 0.3) is 0 Å². The van der Waals surface area contributed by atoms with Crippen LogP contribution in [0.3, 0.4) is 0 Å². The Morgan fingerprint density at radius 1 is 0.931 bits per heavy atom. The maximum Gasteiger partial charge on any atom is 0.247 e. The minimum Gasteiger partial charge on any atom is -0.493 e. The minimum absolute atomic E-state index is 0.367. The quantitative estimate of drug-likeness (QED) is 0.685. The van der Waals surface area contributed by atoms with E-state index in [0.717, 1.165) is 16.2 Å². The monoisotopic (exact) mass is 420 g/mol. The molecule has 2 aromatic carbocycles. The summed E-state index contributed by atoms with van der Waals surface area (Å²) in [6.07, 6.45) is 1.50. The normalized spacial score (nSPS) is 16.4. The van der Waals surface area contributed by atoms with Gasteiger partial charge in [-0.3, -0.25) is 0 Å². The molecule has 0 fully saturated rings. The van der Waals surface area contributed by atoms with E-state index >= 15 is 0 Å². The molecule has 0 aromatic heterocycles. The summed E-state index contributed by atoms with van der Waals surface area (Å²) in [4.78, 5) is 0. The van der Waals surface area contributed by atoms with Crippen LogP contribution in [0.5, 0.6) is 23.0 Å². The Morgan fingerprint density at radius 3 is 2.21 bits per heavy atom. The fourth-order valence-corrected chi connectivity index (χ4v) is 4.29. The van der Waals surface area contributed by atoms with Crippen molar-refractivity contribution >= 4 is 15.7 Å². The molecule has 3 rings (SSSR count). The zero-order chi connectivity index (χ0) is 21.2. The van der Waals surface area contributed by atoms with Gasteiger partial charge in [0.25, 0.3) is 0 Å². The van der Waals surface area contributed by atoms with E-state index in [0.29, 0.717) is 40.7 Å². The molecule has 0 amide bonds. The fraction of sp³-hybridized carbons (Fsp3) is 0.350. The molecule has 1 aliphatic rings. The zero-order valence-electron chi connectivity index (χ0n) is 17.0. The molecule has 2 aromatic rings. The van der Waals surface area contributed by atoms with Crippen LogP contribution in [-0.2, 0) is 10.0 Å². The Morgan fingerprint density at radius 2 is 1.62 bits per heavy atom. The van der Waals surface area contributed by atoms with Gasteiger partial charge >= 0.3 is 0 Å². The minimum atomic E-state index is -3.62. The van der Waals surface area contributed by atoms with Crippen LogP contribution in [0.2, 0.25) is 0 Å². The Labute approximate surface area is 170 Å². The van der Waals surface area contributed by atoms with Crippen molar-refractivity contribution < 1.29 is 27.4 Å². The van der Waals surface area contributed by atoms with Gasteiger partial charge in [-0.2, -0.15) is 9.52 Å². The maximum atomic E-state index is 12.5. The highest BCUT2D eigenvalue weighted by molar-refractivity contribution is 7.88. The van der Waals surface area contributed by atoms with Gasteiger partial charge < -0.3 is 18.9 Å². The molecule has 1 heterocycles. The van der Waals surface area contributed by atoms with E-state index in [-0.39, 0.29) is 0 Å². The Balaban J connectivity index is 2.07. The van der Waals surface area contributed by atoms with E-state index in [1.54, 1.807) is 38.5 Å². The maximum absolute atomic E-state index is 12.5. The standard InChI is InChI=1S/C20H24N2O6S/c1-25-17-10-9-13(11-19(17)27-3)15-12-16(22(21-15)29(5,23)24)14-7-6-8-18(26-2)20(14)28-4/h6-11,16H,12H2,1-5H3/t16-/m0/s1. The van der Waals surface area contributed by atoms with Crippen molar-refractivity contribution in [1.82, 2.24) is 4.41 Å². The van der Waals surface area contributed by atoms with E-state index in [9.17, 15) is 8.42 Å². The number of methoxy groups -OCH3 is 4. The molecule has 156 valence electrons. The van der Waals surface area contributed by atoms with Gasteiger partial charge in [0.1, 0.15) is 0 Å². The first-order valence-corrected chi connectivity index (χ1v) is 10.7. The molecule has 8 nitrogen and oxygen atoms in total. The number of nitrogens with zero attached hydrogens (tertiary/aromatic N) is 2. The van der Waals surface area contributed by atoms with Crippen molar-refractivity contribution in [2.75, 3.05) is 34.7 Å². The second-order valence-electron chi connectivity index (χ2n) is 6.45. The summed E-state index contributed by atoms with van der Waals surface area (Å²) >= 11 is 0. The van der Waals surface area contributed by atoms with Crippen molar-refractivity contribution in [2.24, 2.45) is 5.10 Å². The van der Waals surface area contributed by atoms with Crippen LogP contribution in [0.4, 0.5) is 0 Å². The molecule has 0 radical (unpaired) electrons. The third kappa shape index (κ3) is 3.95. The second kappa shape index (κ2) is 8.20. The highest BCUT2D eigenvalue weighted by Gasteiger charge is 2.37. The van der Waals surface area contributed by atoms with Gasteiger partial charge in [-0.15, -0.1) is 0 Å². The van der Waals surface area contributed by atoms with Gasteiger partial charge in [0.2, 0.25) is 10.0 Å². The molecule has 0 bridgehead atoms. The number of hydrogen-bond donors (Lipinski definition) is 0. The molecule has 29 heavy (non-hydrogen) atoms. The smallest absolute Gasteiger partial charge is 0.247 e. The molecular weight excluding hydrogens is 396 g/mol. The lowest BCUT2D eigenvalue weighted by Crippen LogP contribution is -2.26. The number of hydrazone groups is 1. The van der Waals surface area contributed by atoms with Gasteiger partial charge in [0, 0.05) is 17.5 Å². The number of rotatable bonds is 7. The van der Waals surface area contributed by atoms with Crippen molar-refractivity contribution in [2.45, 2.75) is 12.5 Å². The SMILES string of the molecule is COc1ccc(C2=NN(S(C)(=O)=O)[C@H](c3cccc(OC)c3OC)C2)cc1OC. The largest absolute Gasteiger partial charge is 0.493 e. The van der Waals surface area contributed by atoms with Crippen molar-refractivity contribution in [1.29, 1.82) is 0 Å². The second-order valence-corrected chi connectivity index (χ2v) is 8.29. The summed E-state index contributed by atoms with van der Waals surface area (Å²) in [6, 6.07) is 10.2. The summed E-state index contributed by atoms with van der Waals surface area (Å²) in [7, 11) is 2.55. The zero-order valence-corrected chi connectivity index (χ0v) is 17.8. The van der Waals surface area contributed by atoms with E-state index < -0.39 is 16.1 Å². The fourth-order valence-electron chi connectivity index (χ4n) is 3.39. The van der Waals surface area contributed by atoms with Crippen LogP contribution >= 0.6 is 0 Å². The van der Waals surface area contributed by atoms with E-state index in [1.807, 2.05) is 12.1 Å². The van der Waals surface area contributed by atoms with E-state index in [1.165, 1.54) is 14.2 Å². The van der Waals surface area contributed by atoms with Gasteiger partial charge in [-0.1, -0.05) is 12.1 Å². The summed E-state index contributed by atoms with van der Waals surface area (Å²) in [6.45, 7) is 0. The average molecular weight is 420 g/mol. The van der Waals surface area contributed by atoms with Crippen molar-refractivity contribution in [3.8, 4) is 23.0 Å². The predicted octanol–water partition coefficient (Wildman–Crippen LogP) is 2.83. The van der Waals surface area contributed by atoms with Crippen molar-refractivity contribution in [3.05, 3.63) is 47.5 Å². The predicted molar refractivity (Wildman–Crippen MR) is 110 cm³/mol. The number of ether oxygens (including phenoxy) is 4. The molecule has 1 aliphatic heterocycles. The molecule has 0 saturated carbocycles. The lowest BCUT2D eigenvalue weighted by molar-refractivity contribution is 0.329. The summed E-state index contributed by atoms with van der Waals surface area (Å²) in [5.41, 5.74) is 2.04. The molecule has 0 aliphatic carbocycles. The lowest BCUT2D eigenvalue weighted by Gasteiger charge is -2.23.